The summed E-state index contributed by atoms with van der Waals surface area (Å²) in [6, 6.07) is 14.8. The summed E-state index contributed by atoms with van der Waals surface area (Å²) in [6.45, 7) is 0. The van der Waals surface area contributed by atoms with Gasteiger partial charge in [0.05, 0.1) is 35.5 Å². The lowest BCUT2D eigenvalue weighted by atomic mass is 10.1. The van der Waals surface area contributed by atoms with Gasteiger partial charge in [0.2, 0.25) is 6.04 Å². The average Bonchev–Trinajstić information content (AvgIpc) is 3.40. The maximum atomic E-state index is 13.6. The van der Waals surface area contributed by atoms with Crippen molar-refractivity contribution in [3.63, 3.8) is 0 Å². The zero-order chi connectivity index (χ0) is 28.1. The number of nitrogens with one attached hydrogen (secondary N) is 2. The Hall–Kier alpha value is -6.10. The summed E-state index contributed by atoms with van der Waals surface area (Å²) in [6.07, 6.45) is 4.22. The molecule has 2 N–H and O–H groups in total. The summed E-state index contributed by atoms with van der Waals surface area (Å²) in [5, 5.41) is 25.0. The smallest absolute Gasteiger partial charge is 0.339 e. The van der Waals surface area contributed by atoms with Crippen LogP contribution in [0.25, 0.3) is 16.9 Å². The average molecular weight is 534 g/mol. The molecule has 1 amide bonds. The molecule has 1 unspecified atom stereocenters. The number of amides is 1. The lowest BCUT2D eigenvalue weighted by Crippen LogP contribution is -2.25. The van der Waals surface area contributed by atoms with Gasteiger partial charge < -0.3 is 15.0 Å². The van der Waals surface area contributed by atoms with Gasteiger partial charge in [-0.1, -0.05) is 24.3 Å². The molecule has 0 aliphatic carbocycles. The van der Waals surface area contributed by atoms with Crippen LogP contribution < -0.4 is 10.9 Å². The van der Waals surface area contributed by atoms with Gasteiger partial charge >= 0.3 is 5.97 Å². The van der Waals surface area contributed by atoms with Crippen LogP contribution in [0.2, 0.25) is 0 Å². The number of anilines is 1. The number of fused-ring (bicyclic) bond motifs is 1. The number of esters is 1. The van der Waals surface area contributed by atoms with Crippen LogP contribution in [-0.2, 0) is 9.53 Å². The Kier molecular flexibility index (Phi) is 7.09. The van der Waals surface area contributed by atoms with Crippen LogP contribution in [0.1, 0.15) is 27.8 Å². The zero-order valence-corrected chi connectivity index (χ0v) is 20.7. The van der Waals surface area contributed by atoms with Crippen molar-refractivity contribution in [3.8, 4) is 12.0 Å². The maximum Gasteiger partial charge on any atom is 0.339 e. The van der Waals surface area contributed by atoms with Crippen molar-refractivity contribution in [1.29, 1.82) is 5.26 Å². The third-order valence-corrected chi connectivity index (χ3v) is 5.60. The van der Waals surface area contributed by atoms with E-state index in [0.29, 0.717) is 10.9 Å². The monoisotopic (exact) mass is 534 g/mol. The van der Waals surface area contributed by atoms with E-state index < -0.39 is 23.5 Å². The number of methoxy groups -OCH3 is 1. The number of aromatic amines is 1. The molecule has 40 heavy (non-hydrogen) atoms. The van der Waals surface area contributed by atoms with Crippen molar-refractivity contribution in [1.82, 2.24) is 29.7 Å². The fourth-order valence-electron chi connectivity index (χ4n) is 3.72. The van der Waals surface area contributed by atoms with E-state index in [0.717, 1.165) is 0 Å². The molecule has 0 aliphatic rings. The Balaban J connectivity index is 1.61. The lowest BCUT2D eigenvalue weighted by molar-refractivity contribution is -0.117. The van der Waals surface area contributed by atoms with Gasteiger partial charge in [0.25, 0.3) is 17.4 Å². The van der Waals surface area contributed by atoms with Crippen LogP contribution in [0.3, 0.4) is 0 Å². The van der Waals surface area contributed by atoms with Gasteiger partial charge in [-0.2, -0.15) is 20.2 Å². The van der Waals surface area contributed by atoms with E-state index in [1.807, 2.05) is 6.07 Å². The number of carbonyl (C=O) groups is 2. The van der Waals surface area contributed by atoms with Gasteiger partial charge in [0.15, 0.2) is 5.82 Å². The Morgan fingerprint density at radius 3 is 2.62 bits per heavy atom. The van der Waals surface area contributed by atoms with E-state index in [-0.39, 0.29) is 34.4 Å². The SMILES string of the molecule is COC(=O)c1ccccc1NC(=O)C(N=Nc1c(C#N)cnn1-c1ncccn1)c1nc2ccccc2c(=O)[nH]1. The van der Waals surface area contributed by atoms with Gasteiger partial charge in [0.1, 0.15) is 17.5 Å². The van der Waals surface area contributed by atoms with Crippen LogP contribution >= 0.6 is 0 Å². The highest BCUT2D eigenvalue weighted by Crippen LogP contribution is 2.26. The second kappa shape index (κ2) is 11.1. The molecule has 5 rings (SSSR count). The van der Waals surface area contributed by atoms with Crippen molar-refractivity contribution in [2.24, 2.45) is 10.2 Å². The highest BCUT2D eigenvalue weighted by atomic mass is 16.5. The number of carbonyl (C=O) groups excluding carboxylic acids is 2. The lowest BCUT2D eigenvalue weighted by Gasteiger charge is -2.14. The fraction of sp³-hybridized carbons (Fsp3) is 0.0769. The number of aromatic nitrogens is 6. The molecule has 14 heteroatoms. The number of benzene rings is 2. The molecular formula is C26H18N10O4. The molecule has 0 bridgehead atoms. The highest BCUT2D eigenvalue weighted by molar-refractivity contribution is 6.03. The fourth-order valence-corrected chi connectivity index (χ4v) is 3.72. The second-order valence-electron chi connectivity index (χ2n) is 8.07. The molecule has 0 aliphatic heterocycles. The standard InChI is InChI=1S/C26H18N10O4/c1-40-25(39)17-8-3-5-10-19(17)32-24(38)20(21-31-18-9-4-2-7-16(18)23(37)33-21)34-35-22-15(13-27)14-30-36(22)26-28-11-6-12-29-26/h2-12,14,20H,1H3,(H,32,38)(H,31,33,37). The number of H-pyrrole nitrogens is 1. The number of nitriles is 1. The van der Waals surface area contributed by atoms with Crippen molar-refractivity contribution < 1.29 is 14.3 Å². The summed E-state index contributed by atoms with van der Waals surface area (Å²) >= 11 is 0. The Labute approximate surface area is 225 Å². The highest BCUT2D eigenvalue weighted by Gasteiger charge is 2.26. The quantitative estimate of drug-likeness (QED) is 0.233. The normalized spacial score (nSPS) is 11.7. The molecule has 14 nitrogen and oxygen atoms in total. The molecule has 0 radical (unpaired) electrons. The van der Waals surface area contributed by atoms with E-state index in [2.05, 4.69) is 40.6 Å². The third-order valence-electron chi connectivity index (χ3n) is 5.60. The van der Waals surface area contributed by atoms with Gasteiger partial charge in [0, 0.05) is 12.4 Å². The Bertz CT molecular complexity index is 1860. The van der Waals surface area contributed by atoms with Gasteiger partial charge in [-0.15, -0.1) is 5.11 Å². The molecule has 0 spiro atoms. The number of azo groups is 1. The largest absolute Gasteiger partial charge is 0.465 e. The van der Waals surface area contributed by atoms with Crippen LogP contribution in [0.4, 0.5) is 11.5 Å². The molecular weight excluding hydrogens is 516 g/mol. The van der Waals surface area contributed by atoms with Gasteiger partial charge in [-0.3, -0.25) is 9.59 Å². The summed E-state index contributed by atoms with van der Waals surface area (Å²) in [5.41, 5.74) is 0.100. The van der Waals surface area contributed by atoms with E-state index in [9.17, 15) is 19.6 Å². The minimum atomic E-state index is -1.52. The molecule has 1 atom stereocenters. The van der Waals surface area contributed by atoms with Crippen LogP contribution in [0, 0.1) is 11.3 Å². The molecule has 3 heterocycles. The van der Waals surface area contributed by atoms with Gasteiger partial charge in [-0.25, -0.2) is 19.7 Å². The number of para-hydroxylation sites is 2. The zero-order valence-electron chi connectivity index (χ0n) is 20.7. The van der Waals surface area contributed by atoms with E-state index in [4.69, 9.17) is 4.74 Å². The minimum absolute atomic E-state index is 0.0337. The van der Waals surface area contributed by atoms with Crippen molar-refractivity contribution >= 4 is 34.3 Å². The minimum Gasteiger partial charge on any atom is -0.465 e. The first-order valence-corrected chi connectivity index (χ1v) is 11.6. The molecule has 5 aromatic rings. The number of hydrogen-bond donors (Lipinski definition) is 2. The predicted octanol–water partition coefficient (Wildman–Crippen LogP) is 3.02. The summed E-state index contributed by atoms with van der Waals surface area (Å²) in [7, 11) is 1.22. The van der Waals surface area contributed by atoms with Crippen LogP contribution in [0.5, 0.6) is 0 Å². The first kappa shape index (κ1) is 25.5. The molecule has 0 fully saturated rings. The summed E-state index contributed by atoms with van der Waals surface area (Å²) in [5.74, 6) is -1.51. The first-order valence-electron chi connectivity index (χ1n) is 11.6. The third kappa shape index (κ3) is 5.02. The van der Waals surface area contributed by atoms with Crippen molar-refractivity contribution in [3.05, 3.63) is 100 Å². The molecule has 196 valence electrons. The van der Waals surface area contributed by atoms with Gasteiger partial charge in [-0.05, 0) is 30.3 Å². The topological polar surface area (TPSA) is 193 Å². The first-order chi connectivity index (χ1) is 19.5. The molecule has 0 saturated heterocycles. The van der Waals surface area contributed by atoms with E-state index >= 15 is 0 Å². The number of nitrogens with zero attached hydrogens (tertiary/aromatic N) is 8. The van der Waals surface area contributed by atoms with Crippen molar-refractivity contribution in [2.75, 3.05) is 12.4 Å². The van der Waals surface area contributed by atoms with E-state index in [1.165, 1.54) is 42.5 Å². The Morgan fingerprint density at radius 2 is 1.85 bits per heavy atom. The number of rotatable bonds is 7. The van der Waals surface area contributed by atoms with Crippen LogP contribution in [0.15, 0.2) is 88.2 Å². The summed E-state index contributed by atoms with van der Waals surface area (Å²) < 4.78 is 5.98. The second-order valence-corrected chi connectivity index (χ2v) is 8.07. The maximum absolute atomic E-state index is 13.6. The molecule has 2 aromatic carbocycles. The van der Waals surface area contributed by atoms with Crippen molar-refractivity contribution in [2.45, 2.75) is 6.04 Å². The molecule has 0 saturated carbocycles. The Morgan fingerprint density at radius 1 is 1.10 bits per heavy atom. The molecule has 3 aromatic heterocycles. The van der Waals surface area contributed by atoms with E-state index in [1.54, 1.807) is 42.5 Å². The predicted molar refractivity (Wildman–Crippen MR) is 140 cm³/mol. The number of hydrogen-bond acceptors (Lipinski definition) is 11. The number of ether oxygens (including phenoxy) is 1. The van der Waals surface area contributed by atoms with Crippen LogP contribution in [-0.4, -0.2) is 48.7 Å². The summed E-state index contributed by atoms with van der Waals surface area (Å²) in [4.78, 5) is 53.9.